The van der Waals surface area contributed by atoms with Crippen molar-refractivity contribution in [2.75, 3.05) is 20.2 Å². The van der Waals surface area contributed by atoms with E-state index in [0.29, 0.717) is 37.8 Å². The molecule has 0 saturated heterocycles. The van der Waals surface area contributed by atoms with Gasteiger partial charge in [0.1, 0.15) is 5.82 Å². The molecule has 0 aliphatic heterocycles. The Balaban J connectivity index is 0.000000686. The molecule has 2 fully saturated rings. The Labute approximate surface area is 258 Å². The van der Waals surface area contributed by atoms with Gasteiger partial charge in [-0.1, -0.05) is 56.2 Å². The van der Waals surface area contributed by atoms with Crippen molar-refractivity contribution >= 4 is 5.70 Å². The first kappa shape index (κ1) is 32.9. The van der Waals surface area contributed by atoms with Crippen LogP contribution in [-0.2, 0) is 45.6 Å². The number of rotatable bonds is 11. The summed E-state index contributed by atoms with van der Waals surface area (Å²) in [6, 6.07) is 17.4. The maximum Gasteiger partial charge on any atom is 3.00 e. The minimum Gasteiger partial charge on any atom is -0.677 e. The van der Waals surface area contributed by atoms with Gasteiger partial charge in [-0.3, -0.25) is 0 Å². The zero-order valence-corrected chi connectivity index (χ0v) is 24.9. The minimum absolute atomic E-state index is 0. The molecular weight excluding hydrogens is 566 g/mol. The summed E-state index contributed by atoms with van der Waals surface area (Å²) in [5.74, 6) is 2.01. The second kappa shape index (κ2) is 16.1. The maximum absolute atomic E-state index is 13.3. The normalized spacial score (nSPS) is 13.6. The predicted molar refractivity (Wildman–Crippen MR) is 154 cm³/mol. The first-order valence-electron chi connectivity index (χ1n) is 12.9. The number of halogens is 1. The Morgan fingerprint density at radius 3 is 2.44 bits per heavy atom. The molecule has 5 rings (SSSR count). The van der Waals surface area contributed by atoms with Gasteiger partial charge in [0.15, 0.2) is 11.5 Å². The molecule has 39 heavy (non-hydrogen) atoms. The number of nitrogens with zero attached hydrogens (tertiary/aromatic N) is 1. The number of methoxy groups -OCH3 is 1. The van der Waals surface area contributed by atoms with Gasteiger partial charge >= 0.3 is 32.7 Å². The number of aromatic nitrogens is 1. The summed E-state index contributed by atoms with van der Waals surface area (Å²) in [7, 11) is 1.64. The third kappa shape index (κ3) is 10.0. The number of nitrogens with one attached hydrogen (secondary N) is 2. The van der Waals surface area contributed by atoms with E-state index < -0.39 is 0 Å². The third-order valence-corrected chi connectivity index (χ3v) is 6.36. The largest absolute Gasteiger partial charge is 3.00 e. The van der Waals surface area contributed by atoms with Gasteiger partial charge in [-0.25, -0.2) is 4.39 Å². The van der Waals surface area contributed by atoms with Gasteiger partial charge in [-0.15, -0.1) is 6.54 Å². The second-order valence-electron chi connectivity index (χ2n) is 9.46. The number of hydrogen-bond donors (Lipinski definition) is 1. The average Bonchev–Trinajstić information content (AvgIpc) is 3.85. The Kier molecular flexibility index (Phi) is 13.6. The van der Waals surface area contributed by atoms with Crippen LogP contribution in [-0.4, -0.2) is 31.3 Å². The molecule has 2 aliphatic carbocycles. The molecular formula is C32H39FN3O2Y. The molecule has 2 saturated carbocycles. The average molecular weight is 606 g/mol. The Morgan fingerprint density at radius 1 is 1.15 bits per heavy atom. The zero-order chi connectivity index (χ0) is 26.2. The molecule has 5 nitrogen and oxygen atoms in total. The van der Waals surface area contributed by atoms with Gasteiger partial charge in [-0.05, 0) is 55.3 Å². The molecule has 2 N–H and O–H groups in total. The van der Waals surface area contributed by atoms with Crippen LogP contribution < -0.4 is 14.8 Å². The van der Waals surface area contributed by atoms with Crippen LogP contribution in [0.5, 0.6) is 11.5 Å². The SMILES string of the molecule is C.C=C(NCCc1c[c-]c(C[CH2-])c(-c2ccc(F)cc2)n1)c1ccc(OC2CC2)c(OC)c1.[NH-]CC1CC1.[Y+3]. The van der Waals surface area contributed by atoms with E-state index in [1.165, 1.54) is 25.0 Å². The van der Waals surface area contributed by atoms with E-state index in [-0.39, 0.29) is 46.0 Å². The molecule has 0 radical (unpaired) electrons. The summed E-state index contributed by atoms with van der Waals surface area (Å²) in [5.41, 5.74) is 11.9. The van der Waals surface area contributed by atoms with E-state index in [0.717, 1.165) is 58.3 Å². The second-order valence-corrected chi connectivity index (χ2v) is 9.46. The van der Waals surface area contributed by atoms with E-state index in [4.69, 9.17) is 20.2 Å². The minimum atomic E-state index is -0.267. The van der Waals surface area contributed by atoms with Crippen LogP contribution in [0.1, 0.15) is 49.9 Å². The predicted octanol–water partition coefficient (Wildman–Crippen LogP) is 7.50. The zero-order valence-electron chi connectivity index (χ0n) is 22.1. The van der Waals surface area contributed by atoms with Crippen LogP contribution in [0.3, 0.4) is 0 Å². The third-order valence-electron chi connectivity index (χ3n) is 6.36. The summed E-state index contributed by atoms with van der Waals surface area (Å²) >= 11 is 0. The van der Waals surface area contributed by atoms with Gasteiger partial charge in [0.25, 0.3) is 0 Å². The molecule has 1 heterocycles. The van der Waals surface area contributed by atoms with Crippen LogP contribution in [0, 0.1) is 24.7 Å². The summed E-state index contributed by atoms with van der Waals surface area (Å²) < 4.78 is 24.7. The molecule has 204 valence electrons. The van der Waals surface area contributed by atoms with Crippen molar-refractivity contribution in [3.8, 4) is 22.8 Å². The van der Waals surface area contributed by atoms with Gasteiger partial charge in [0, 0.05) is 17.8 Å². The number of pyridine rings is 1. The van der Waals surface area contributed by atoms with Gasteiger partial charge in [-0.2, -0.15) is 24.1 Å². The molecule has 0 bridgehead atoms. The standard InChI is InChI=1S/C27H27FN2O2.C4H8N.CH4.Y/c1-4-19-7-11-23(30-27(19)20-5-9-22(28)10-6-20)15-16-29-18(2)21-8-14-25(26(17-21)31-3)32-24-12-13-24;5-3-4-1-2-4;;/h5-6,8-11,14,17,24,29H,1-2,4,12-13,15-16H2,3H3;4-5H,1-3H2;1H4;/q-2;-1;;+3. The van der Waals surface area contributed by atoms with Crippen LogP contribution in [0.4, 0.5) is 4.39 Å². The summed E-state index contributed by atoms with van der Waals surface area (Å²) in [5, 5.41) is 3.36. The summed E-state index contributed by atoms with van der Waals surface area (Å²) in [6.07, 6.45) is 6.42. The van der Waals surface area contributed by atoms with Gasteiger partial charge in [0.2, 0.25) is 0 Å². The molecule has 0 amide bonds. The number of hydrogen-bond acceptors (Lipinski definition) is 4. The van der Waals surface area contributed by atoms with Crippen LogP contribution >= 0.6 is 0 Å². The summed E-state index contributed by atoms with van der Waals surface area (Å²) in [4.78, 5) is 4.79. The molecule has 2 aliphatic rings. The fraction of sp³-hybridized carbons (Fsp3) is 0.375. The molecule has 0 atom stereocenters. The smallest absolute Gasteiger partial charge is 0.677 e. The monoisotopic (exact) mass is 605 g/mol. The van der Waals surface area contributed by atoms with Crippen molar-refractivity contribution in [1.29, 1.82) is 0 Å². The number of ether oxygens (including phenoxy) is 2. The van der Waals surface area contributed by atoms with Gasteiger partial charge in [0.05, 0.1) is 13.2 Å². The van der Waals surface area contributed by atoms with E-state index in [2.05, 4.69) is 24.9 Å². The Morgan fingerprint density at radius 2 is 1.87 bits per heavy atom. The maximum atomic E-state index is 13.3. The molecule has 7 heteroatoms. The van der Waals surface area contributed by atoms with Crippen LogP contribution in [0.25, 0.3) is 22.7 Å². The van der Waals surface area contributed by atoms with Crippen molar-refractivity contribution in [1.82, 2.24) is 10.3 Å². The first-order valence-corrected chi connectivity index (χ1v) is 12.9. The van der Waals surface area contributed by atoms with Crippen molar-refractivity contribution in [3.05, 3.63) is 96.5 Å². The molecule has 0 unspecified atom stereocenters. The topological polar surface area (TPSA) is 67.2 Å². The van der Waals surface area contributed by atoms with Crippen molar-refractivity contribution < 1.29 is 46.6 Å². The van der Waals surface area contributed by atoms with E-state index in [9.17, 15) is 4.39 Å². The van der Waals surface area contributed by atoms with E-state index in [1.807, 2.05) is 24.3 Å². The fourth-order valence-electron chi connectivity index (χ4n) is 3.73. The van der Waals surface area contributed by atoms with Gasteiger partial charge < -0.3 is 32.4 Å². The Hall–Kier alpha value is -2.28. The number of benzene rings is 2. The van der Waals surface area contributed by atoms with Crippen molar-refractivity contribution in [2.24, 2.45) is 5.92 Å². The Bertz CT molecular complexity index is 1190. The van der Waals surface area contributed by atoms with Crippen molar-refractivity contribution in [2.45, 2.75) is 52.1 Å². The fourth-order valence-corrected chi connectivity index (χ4v) is 3.73. The van der Waals surface area contributed by atoms with Crippen LogP contribution in [0.15, 0.2) is 55.1 Å². The van der Waals surface area contributed by atoms with E-state index in [1.54, 1.807) is 19.2 Å². The first-order chi connectivity index (χ1) is 18.0. The molecule has 1 aromatic heterocycles. The molecule has 3 aromatic rings. The van der Waals surface area contributed by atoms with E-state index >= 15 is 0 Å². The molecule has 0 spiro atoms. The quantitative estimate of drug-likeness (QED) is 0.230. The molecule has 2 aromatic carbocycles. The summed E-state index contributed by atoms with van der Waals surface area (Å²) in [6.45, 7) is 9.44. The van der Waals surface area contributed by atoms with Crippen molar-refractivity contribution in [3.63, 3.8) is 0 Å². The van der Waals surface area contributed by atoms with Crippen LogP contribution in [0.2, 0.25) is 0 Å².